The molecule has 0 saturated heterocycles. The molecule has 0 saturated carbocycles. The van der Waals surface area contributed by atoms with Crippen LogP contribution >= 0.6 is 0 Å². The molecule has 0 spiro atoms. The van der Waals surface area contributed by atoms with Gasteiger partial charge in [0.05, 0.1) is 4.90 Å². The fraction of sp³-hybridized carbons (Fsp3) is 0.316. The van der Waals surface area contributed by atoms with Crippen molar-refractivity contribution < 1.29 is 13.2 Å². The van der Waals surface area contributed by atoms with E-state index in [2.05, 4.69) is 17.0 Å². The molecule has 1 amide bonds. The predicted molar refractivity (Wildman–Crippen MR) is 100 cm³/mol. The first-order valence-electron chi connectivity index (χ1n) is 8.40. The number of benzene rings is 2. The van der Waals surface area contributed by atoms with E-state index in [1.54, 1.807) is 12.1 Å². The highest BCUT2D eigenvalue weighted by molar-refractivity contribution is 7.89. The van der Waals surface area contributed by atoms with Crippen LogP contribution in [0.4, 0.5) is 5.69 Å². The highest BCUT2D eigenvalue weighted by Gasteiger charge is 2.14. The van der Waals surface area contributed by atoms with Gasteiger partial charge in [0.2, 0.25) is 10.0 Å². The zero-order valence-electron chi connectivity index (χ0n) is 14.6. The summed E-state index contributed by atoms with van der Waals surface area (Å²) in [5, 5.41) is 2.80. The molecule has 2 aromatic rings. The molecular weight excluding hydrogens is 336 g/mol. The number of carbonyl (C=O) groups is 1. The number of amides is 1. The number of hydrogen-bond donors (Lipinski definition) is 2. The first-order valence-corrected chi connectivity index (χ1v) is 9.88. The fourth-order valence-electron chi connectivity index (χ4n) is 2.46. The van der Waals surface area contributed by atoms with Gasteiger partial charge in [-0.1, -0.05) is 38.0 Å². The minimum absolute atomic E-state index is 0.0638. The van der Waals surface area contributed by atoms with Gasteiger partial charge in [0.1, 0.15) is 0 Å². The van der Waals surface area contributed by atoms with E-state index in [1.165, 1.54) is 37.6 Å². The minimum Gasteiger partial charge on any atom is -0.322 e. The molecule has 25 heavy (non-hydrogen) atoms. The van der Waals surface area contributed by atoms with Crippen molar-refractivity contribution in [3.63, 3.8) is 0 Å². The van der Waals surface area contributed by atoms with Gasteiger partial charge in [0.15, 0.2) is 0 Å². The van der Waals surface area contributed by atoms with Crippen molar-refractivity contribution >= 4 is 21.6 Å². The second-order valence-electron chi connectivity index (χ2n) is 5.84. The molecule has 2 rings (SSSR count). The summed E-state index contributed by atoms with van der Waals surface area (Å²) in [6, 6.07) is 13.7. The van der Waals surface area contributed by atoms with Crippen LogP contribution in [0.5, 0.6) is 0 Å². The van der Waals surface area contributed by atoms with E-state index < -0.39 is 10.0 Å². The number of hydrogen-bond acceptors (Lipinski definition) is 3. The van der Waals surface area contributed by atoms with Crippen molar-refractivity contribution in [3.05, 3.63) is 59.7 Å². The van der Waals surface area contributed by atoms with Gasteiger partial charge in [0.25, 0.3) is 5.91 Å². The van der Waals surface area contributed by atoms with Gasteiger partial charge in [-0.3, -0.25) is 4.79 Å². The lowest BCUT2D eigenvalue weighted by Crippen LogP contribution is -2.19. The predicted octanol–water partition coefficient (Wildman–Crippen LogP) is 3.58. The number of aryl methyl sites for hydroxylation is 1. The molecule has 2 aromatic carbocycles. The summed E-state index contributed by atoms with van der Waals surface area (Å²) >= 11 is 0. The monoisotopic (exact) mass is 360 g/mol. The molecule has 0 heterocycles. The van der Waals surface area contributed by atoms with E-state index in [0.717, 1.165) is 12.8 Å². The van der Waals surface area contributed by atoms with Gasteiger partial charge in [-0.15, -0.1) is 0 Å². The van der Waals surface area contributed by atoms with Crippen LogP contribution in [-0.2, 0) is 16.4 Å². The summed E-state index contributed by atoms with van der Waals surface area (Å²) in [5.41, 5.74) is 2.23. The molecule has 0 atom stereocenters. The fourth-order valence-corrected chi connectivity index (χ4v) is 3.24. The molecule has 2 N–H and O–H groups in total. The van der Waals surface area contributed by atoms with Crippen LogP contribution in [0.3, 0.4) is 0 Å². The highest BCUT2D eigenvalue weighted by Crippen LogP contribution is 2.15. The molecule has 0 fully saturated rings. The van der Waals surface area contributed by atoms with Gasteiger partial charge in [-0.2, -0.15) is 0 Å². The molecule has 5 nitrogen and oxygen atoms in total. The standard InChI is InChI=1S/C19H24N2O3S/c1-3-4-5-7-15-10-12-17(13-11-15)21-19(22)16-8-6-9-18(14-16)25(23,24)20-2/h6,8-14,20H,3-5,7H2,1-2H3,(H,21,22). The Balaban J connectivity index is 2.06. The maximum Gasteiger partial charge on any atom is 0.255 e. The van der Waals surface area contributed by atoms with Gasteiger partial charge in [0, 0.05) is 11.3 Å². The smallest absolute Gasteiger partial charge is 0.255 e. The Hall–Kier alpha value is -2.18. The topological polar surface area (TPSA) is 75.3 Å². The summed E-state index contributed by atoms with van der Waals surface area (Å²) in [6.07, 6.45) is 4.60. The van der Waals surface area contributed by atoms with Crippen LogP contribution in [-0.4, -0.2) is 21.4 Å². The third kappa shape index (κ3) is 5.41. The Bertz CT molecular complexity index is 815. The zero-order chi connectivity index (χ0) is 18.3. The Labute approximate surface area is 149 Å². The molecule has 0 unspecified atom stereocenters. The van der Waals surface area contributed by atoms with Crippen LogP contribution < -0.4 is 10.0 Å². The second-order valence-corrected chi connectivity index (χ2v) is 7.73. The van der Waals surface area contributed by atoms with Crippen LogP contribution in [0.25, 0.3) is 0 Å². The van der Waals surface area contributed by atoms with Crippen molar-refractivity contribution in [3.8, 4) is 0 Å². The maximum atomic E-state index is 12.4. The zero-order valence-corrected chi connectivity index (χ0v) is 15.4. The molecule has 0 aliphatic heterocycles. The summed E-state index contributed by atoms with van der Waals surface area (Å²) < 4.78 is 25.9. The van der Waals surface area contributed by atoms with Crippen LogP contribution in [0.1, 0.15) is 42.1 Å². The summed E-state index contributed by atoms with van der Waals surface area (Å²) in [4.78, 5) is 12.4. The van der Waals surface area contributed by atoms with Crippen LogP contribution in [0.2, 0.25) is 0 Å². The normalized spacial score (nSPS) is 11.3. The number of sulfonamides is 1. The largest absolute Gasteiger partial charge is 0.322 e. The van der Waals surface area contributed by atoms with Gasteiger partial charge >= 0.3 is 0 Å². The molecular formula is C19H24N2O3S. The summed E-state index contributed by atoms with van der Waals surface area (Å²) in [5.74, 6) is -0.341. The molecule has 0 aromatic heterocycles. The van der Waals surface area contributed by atoms with Crippen molar-refractivity contribution in [1.29, 1.82) is 0 Å². The Morgan fingerprint density at radius 2 is 1.76 bits per heavy atom. The Kier molecular flexibility index (Phi) is 6.73. The van der Waals surface area contributed by atoms with E-state index in [-0.39, 0.29) is 10.8 Å². The van der Waals surface area contributed by atoms with Crippen molar-refractivity contribution in [2.45, 2.75) is 37.5 Å². The first-order chi connectivity index (χ1) is 12.0. The molecule has 0 bridgehead atoms. The summed E-state index contributed by atoms with van der Waals surface area (Å²) in [6.45, 7) is 2.18. The van der Waals surface area contributed by atoms with Crippen molar-refractivity contribution in [1.82, 2.24) is 4.72 Å². The number of rotatable bonds is 8. The molecule has 0 aliphatic rings. The van der Waals surface area contributed by atoms with E-state index >= 15 is 0 Å². The lowest BCUT2D eigenvalue weighted by molar-refractivity contribution is 0.102. The SMILES string of the molecule is CCCCCc1ccc(NC(=O)c2cccc(S(=O)(=O)NC)c2)cc1. The van der Waals surface area contributed by atoms with E-state index in [9.17, 15) is 13.2 Å². The highest BCUT2D eigenvalue weighted by atomic mass is 32.2. The molecule has 0 aliphatic carbocycles. The molecule has 134 valence electrons. The van der Waals surface area contributed by atoms with Gasteiger partial charge in [-0.25, -0.2) is 13.1 Å². The van der Waals surface area contributed by atoms with Crippen LogP contribution in [0.15, 0.2) is 53.4 Å². The number of unbranched alkanes of at least 4 members (excludes halogenated alkanes) is 2. The number of carbonyl (C=O) groups excluding carboxylic acids is 1. The van der Waals surface area contributed by atoms with Crippen LogP contribution in [0, 0.1) is 0 Å². The summed E-state index contributed by atoms with van der Waals surface area (Å²) in [7, 11) is -2.24. The van der Waals surface area contributed by atoms with Gasteiger partial charge < -0.3 is 5.32 Å². The minimum atomic E-state index is -3.57. The Morgan fingerprint density at radius 3 is 2.40 bits per heavy atom. The van der Waals surface area contributed by atoms with E-state index in [0.29, 0.717) is 11.3 Å². The van der Waals surface area contributed by atoms with Gasteiger partial charge in [-0.05, 0) is 55.8 Å². The third-order valence-corrected chi connectivity index (χ3v) is 5.37. The molecule has 6 heteroatoms. The molecule has 0 radical (unpaired) electrons. The van der Waals surface area contributed by atoms with Crippen molar-refractivity contribution in [2.75, 3.05) is 12.4 Å². The Morgan fingerprint density at radius 1 is 1.04 bits per heavy atom. The average molecular weight is 360 g/mol. The van der Waals surface area contributed by atoms with Crippen molar-refractivity contribution in [2.24, 2.45) is 0 Å². The second kappa shape index (κ2) is 8.78. The third-order valence-electron chi connectivity index (χ3n) is 3.96. The number of nitrogens with one attached hydrogen (secondary N) is 2. The van der Waals surface area contributed by atoms with E-state index in [1.807, 2.05) is 24.3 Å². The lowest BCUT2D eigenvalue weighted by Gasteiger charge is -2.08. The number of anilines is 1. The lowest BCUT2D eigenvalue weighted by atomic mass is 10.1. The quantitative estimate of drug-likeness (QED) is 0.707. The average Bonchev–Trinajstić information content (AvgIpc) is 2.63. The van der Waals surface area contributed by atoms with E-state index in [4.69, 9.17) is 0 Å². The maximum absolute atomic E-state index is 12.4. The first kappa shape index (κ1) is 19.1.